The summed E-state index contributed by atoms with van der Waals surface area (Å²) < 4.78 is 0. The van der Waals surface area contributed by atoms with Crippen molar-refractivity contribution in [2.24, 2.45) is 0 Å². The summed E-state index contributed by atoms with van der Waals surface area (Å²) in [5.74, 6) is -0.536. The molecule has 0 spiro atoms. The van der Waals surface area contributed by atoms with Gasteiger partial charge in [0.2, 0.25) is 5.91 Å². The Morgan fingerprint density at radius 2 is 1.69 bits per heavy atom. The summed E-state index contributed by atoms with van der Waals surface area (Å²) in [5, 5.41) is 5.73. The Morgan fingerprint density at radius 3 is 2.35 bits per heavy atom. The number of nitrogens with one attached hydrogen (secondary N) is 2. The number of hydrogen-bond acceptors (Lipinski definition) is 4. The summed E-state index contributed by atoms with van der Waals surface area (Å²) in [4.78, 5) is 30.8. The SMILES string of the molecule is Cc1ccc([C@H](C)C(=O)Nc2cccc(NC(=O)c3ccncc3)c2)s1. The highest BCUT2D eigenvalue weighted by molar-refractivity contribution is 7.12. The Hall–Kier alpha value is -2.99. The molecule has 0 saturated heterocycles. The van der Waals surface area contributed by atoms with Crippen LogP contribution in [0.15, 0.2) is 60.9 Å². The molecule has 1 atom stereocenters. The normalized spacial score (nSPS) is 11.6. The lowest BCUT2D eigenvalue weighted by Crippen LogP contribution is -2.18. The van der Waals surface area contributed by atoms with E-state index in [4.69, 9.17) is 0 Å². The molecule has 2 amide bonds. The molecule has 26 heavy (non-hydrogen) atoms. The highest BCUT2D eigenvalue weighted by Gasteiger charge is 2.17. The van der Waals surface area contributed by atoms with Crippen LogP contribution in [0.2, 0.25) is 0 Å². The molecule has 2 heterocycles. The van der Waals surface area contributed by atoms with Crippen molar-refractivity contribution >= 4 is 34.5 Å². The van der Waals surface area contributed by atoms with Crippen LogP contribution in [0, 0.1) is 6.92 Å². The molecule has 3 aromatic rings. The second kappa shape index (κ2) is 7.93. The van der Waals surface area contributed by atoms with Crippen molar-refractivity contribution < 1.29 is 9.59 Å². The lowest BCUT2D eigenvalue weighted by atomic mass is 10.1. The Kier molecular flexibility index (Phi) is 5.43. The Bertz CT molecular complexity index is 922. The largest absolute Gasteiger partial charge is 0.325 e. The minimum absolute atomic E-state index is 0.0792. The summed E-state index contributed by atoms with van der Waals surface area (Å²) in [6, 6.07) is 14.4. The van der Waals surface area contributed by atoms with Crippen molar-refractivity contribution in [2.45, 2.75) is 19.8 Å². The van der Waals surface area contributed by atoms with Crippen molar-refractivity contribution in [2.75, 3.05) is 10.6 Å². The molecule has 0 aliphatic heterocycles. The second-order valence-electron chi connectivity index (χ2n) is 5.93. The molecule has 6 heteroatoms. The first-order valence-electron chi connectivity index (χ1n) is 8.21. The van der Waals surface area contributed by atoms with E-state index in [-0.39, 0.29) is 17.7 Å². The fourth-order valence-corrected chi connectivity index (χ4v) is 3.37. The van der Waals surface area contributed by atoms with Gasteiger partial charge in [-0.05, 0) is 56.3 Å². The first-order chi connectivity index (χ1) is 12.5. The zero-order chi connectivity index (χ0) is 18.5. The van der Waals surface area contributed by atoms with Crippen LogP contribution in [0.1, 0.15) is 33.0 Å². The van der Waals surface area contributed by atoms with Gasteiger partial charge in [-0.25, -0.2) is 0 Å². The van der Waals surface area contributed by atoms with Gasteiger partial charge in [0.15, 0.2) is 0 Å². The van der Waals surface area contributed by atoms with E-state index in [9.17, 15) is 9.59 Å². The zero-order valence-corrected chi connectivity index (χ0v) is 15.3. The van der Waals surface area contributed by atoms with E-state index < -0.39 is 0 Å². The fourth-order valence-electron chi connectivity index (χ4n) is 2.45. The van der Waals surface area contributed by atoms with Crippen molar-refractivity contribution in [3.8, 4) is 0 Å². The summed E-state index contributed by atoms with van der Waals surface area (Å²) >= 11 is 1.62. The molecular formula is C20H19N3O2S. The quantitative estimate of drug-likeness (QED) is 0.702. The maximum Gasteiger partial charge on any atom is 0.255 e. The predicted molar refractivity (Wildman–Crippen MR) is 105 cm³/mol. The minimum Gasteiger partial charge on any atom is -0.325 e. The first kappa shape index (κ1) is 17.8. The third kappa shape index (κ3) is 4.34. The number of nitrogens with zero attached hydrogens (tertiary/aromatic N) is 1. The molecule has 0 bridgehead atoms. The van der Waals surface area contributed by atoms with Crippen LogP contribution in [0.3, 0.4) is 0 Å². The van der Waals surface area contributed by atoms with Crippen LogP contribution < -0.4 is 10.6 Å². The van der Waals surface area contributed by atoms with Crippen LogP contribution in [-0.2, 0) is 4.79 Å². The van der Waals surface area contributed by atoms with Gasteiger partial charge in [-0.1, -0.05) is 6.07 Å². The molecule has 0 aliphatic rings. The van der Waals surface area contributed by atoms with E-state index in [1.807, 2.05) is 26.0 Å². The number of carbonyl (C=O) groups excluding carboxylic acids is 2. The summed E-state index contributed by atoms with van der Waals surface area (Å²) in [5.41, 5.74) is 1.78. The van der Waals surface area contributed by atoms with Gasteiger partial charge >= 0.3 is 0 Å². The molecule has 1 aromatic carbocycles. The Morgan fingerprint density at radius 1 is 1.00 bits per heavy atom. The highest BCUT2D eigenvalue weighted by Crippen LogP contribution is 2.26. The van der Waals surface area contributed by atoms with Crippen molar-refractivity contribution in [1.82, 2.24) is 4.98 Å². The zero-order valence-electron chi connectivity index (χ0n) is 14.5. The van der Waals surface area contributed by atoms with E-state index in [1.165, 1.54) is 4.88 Å². The van der Waals surface area contributed by atoms with Gasteiger partial charge in [0.1, 0.15) is 0 Å². The number of aromatic nitrogens is 1. The van der Waals surface area contributed by atoms with Crippen LogP contribution in [0.5, 0.6) is 0 Å². The average molecular weight is 365 g/mol. The van der Waals surface area contributed by atoms with Crippen LogP contribution in [-0.4, -0.2) is 16.8 Å². The molecular weight excluding hydrogens is 346 g/mol. The third-order valence-electron chi connectivity index (χ3n) is 3.91. The number of hydrogen-bond donors (Lipinski definition) is 2. The van der Waals surface area contributed by atoms with Crippen LogP contribution in [0.4, 0.5) is 11.4 Å². The van der Waals surface area contributed by atoms with Crippen molar-refractivity contribution in [1.29, 1.82) is 0 Å². The topological polar surface area (TPSA) is 71.1 Å². The fraction of sp³-hybridized carbons (Fsp3) is 0.150. The smallest absolute Gasteiger partial charge is 0.255 e. The van der Waals surface area contributed by atoms with Gasteiger partial charge in [0.05, 0.1) is 5.92 Å². The molecule has 0 fully saturated rings. The molecule has 0 radical (unpaired) electrons. The Labute approximate surface area is 156 Å². The number of anilines is 2. The number of thiophene rings is 1. The van der Waals surface area contributed by atoms with Crippen molar-refractivity contribution in [3.05, 3.63) is 76.2 Å². The number of aryl methyl sites for hydroxylation is 1. The standard InChI is InChI=1S/C20H19N3O2S/c1-13-6-7-18(26-13)14(2)19(24)22-16-4-3-5-17(12-16)23-20(25)15-8-10-21-11-9-15/h3-12,14H,1-2H3,(H,22,24)(H,23,25)/t14-/m0/s1. The van der Waals surface area contributed by atoms with E-state index in [2.05, 4.69) is 15.6 Å². The van der Waals surface area contributed by atoms with E-state index in [0.29, 0.717) is 16.9 Å². The average Bonchev–Trinajstić information content (AvgIpc) is 3.08. The number of amides is 2. The number of pyridine rings is 1. The molecule has 0 aliphatic carbocycles. The van der Waals surface area contributed by atoms with Gasteiger partial charge in [-0.15, -0.1) is 11.3 Å². The summed E-state index contributed by atoms with van der Waals surface area (Å²) in [7, 11) is 0. The van der Waals surface area contributed by atoms with Crippen LogP contribution in [0.25, 0.3) is 0 Å². The first-order valence-corrected chi connectivity index (χ1v) is 9.03. The summed E-state index contributed by atoms with van der Waals surface area (Å²) in [6.45, 7) is 3.91. The lowest BCUT2D eigenvalue weighted by molar-refractivity contribution is -0.117. The highest BCUT2D eigenvalue weighted by atomic mass is 32.1. The van der Waals surface area contributed by atoms with Crippen LogP contribution >= 0.6 is 11.3 Å². The Balaban J connectivity index is 1.67. The second-order valence-corrected chi connectivity index (χ2v) is 7.25. The third-order valence-corrected chi connectivity index (χ3v) is 5.10. The van der Waals surface area contributed by atoms with E-state index in [0.717, 1.165) is 4.88 Å². The van der Waals surface area contributed by atoms with Gasteiger partial charge < -0.3 is 10.6 Å². The number of carbonyl (C=O) groups is 2. The molecule has 2 N–H and O–H groups in total. The molecule has 132 valence electrons. The molecule has 3 rings (SSSR count). The van der Waals surface area contributed by atoms with Gasteiger partial charge in [0.25, 0.3) is 5.91 Å². The summed E-state index contributed by atoms with van der Waals surface area (Å²) in [6.07, 6.45) is 3.14. The van der Waals surface area contributed by atoms with Crippen molar-refractivity contribution in [3.63, 3.8) is 0 Å². The predicted octanol–water partition coefficient (Wildman–Crippen LogP) is 4.45. The van der Waals surface area contributed by atoms with Gasteiger partial charge in [-0.3, -0.25) is 14.6 Å². The maximum atomic E-state index is 12.5. The minimum atomic E-state index is -0.233. The molecule has 0 saturated carbocycles. The molecule has 2 aromatic heterocycles. The van der Waals surface area contributed by atoms with Gasteiger partial charge in [0, 0.05) is 39.1 Å². The number of rotatable bonds is 5. The van der Waals surface area contributed by atoms with E-state index >= 15 is 0 Å². The monoisotopic (exact) mass is 365 g/mol. The molecule has 0 unspecified atom stereocenters. The molecule has 5 nitrogen and oxygen atoms in total. The lowest BCUT2D eigenvalue weighted by Gasteiger charge is -2.12. The van der Waals surface area contributed by atoms with E-state index in [1.54, 1.807) is 60.1 Å². The van der Waals surface area contributed by atoms with Gasteiger partial charge in [-0.2, -0.15) is 0 Å². The maximum absolute atomic E-state index is 12.5. The number of benzene rings is 1.